The molecule has 3 aliphatic rings. The van der Waals surface area contributed by atoms with E-state index in [1.807, 2.05) is 12.3 Å². The van der Waals surface area contributed by atoms with Crippen molar-refractivity contribution in [1.29, 1.82) is 0 Å². The minimum atomic E-state index is -0.0391. The average molecular weight is 553 g/mol. The molecule has 1 aliphatic heterocycles. The molecular formula is C30H35Cl2N5O. The summed E-state index contributed by atoms with van der Waals surface area (Å²) >= 11 is 12.3. The smallest absolute Gasteiger partial charge is 0.322 e. The third kappa shape index (κ3) is 5.31. The van der Waals surface area contributed by atoms with Crippen molar-refractivity contribution in [2.24, 2.45) is 5.92 Å². The van der Waals surface area contributed by atoms with Crippen LogP contribution in [-0.4, -0.2) is 58.0 Å². The van der Waals surface area contributed by atoms with E-state index in [4.69, 9.17) is 23.2 Å². The maximum atomic E-state index is 13.6. The average Bonchev–Trinajstić information content (AvgIpc) is 3.26. The van der Waals surface area contributed by atoms with E-state index in [-0.39, 0.29) is 17.5 Å². The number of aromatic nitrogens is 2. The number of carbonyl (C=O) groups is 1. The number of imidazole rings is 1. The molecule has 2 N–H and O–H groups in total. The fourth-order valence-corrected chi connectivity index (χ4v) is 7.03. The van der Waals surface area contributed by atoms with E-state index in [1.165, 1.54) is 37.9 Å². The molecule has 2 heterocycles. The standard InChI is InChI=1S/C30H35Cl2N5O/c31-26-8-7-24(19-27(26)32)35-29(38)37(16-4-15-36-13-1-2-14-36)25-9-10-30(20-23(30)18-25)22-6-3-5-21(17-22)28-33-11-12-34-28/h3,5-8,11-12,17,19,23,25H,1-2,4,9-10,13-16,18,20H2,(H,33,34)(H,35,38)/t23?,25-,30-/m1/s1. The van der Waals surface area contributed by atoms with E-state index in [2.05, 4.69) is 49.4 Å². The highest BCUT2D eigenvalue weighted by Crippen LogP contribution is 2.63. The Morgan fingerprint density at radius 1 is 1.16 bits per heavy atom. The molecule has 0 spiro atoms. The van der Waals surface area contributed by atoms with Gasteiger partial charge in [0.05, 0.1) is 10.0 Å². The van der Waals surface area contributed by atoms with Gasteiger partial charge in [-0.3, -0.25) is 0 Å². The van der Waals surface area contributed by atoms with Gasteiger partial charge in [0.25, 0.3) is 0 Å². The number of nitrogens with one attached hydrogen (secondary N) is 2. The van der Waals surface area contributed by atoms with Gasteiger partial charge in [-0.25, -0.2) is 9.78 Å². The third-order valence-electron chi connectivity index (χ3n) is 8.87. The number of hydrogen-bond acceptors (Lipinski definition) is 3. The Morgan fingerprint density at radius 2 is 2.03 bits per heavy atom. The Labute approximate surface area is 234 Å². The highest BCUT2D eigenvalue weighted by Gasteiger charge is 2.58. The molecule has 3 aromatic rings. The molecule has 2 aliphatic carbocycles. The number of H-pyrrole nitrogens is 1. The normalized spacial score (nSPS) is 24.7. The van der Waals surface area contributed by atoms with Gasteiger partial charge in [0, 0.05) is 36.2 Å². The second kappa shape index (κ2) is 10.9. The van der Waals surface area contributed by atoms with E-state index in [0.717, 1.165) is 50.2 Å². The summed E-state index contributed by atoms with van der Waals surface area (Å²) in [6.45, 7) is 4.18. The minimum absolute atomic E-state index is 0.0391. The molecule has 3 atom stereocenters. The van der Waals surface area contributed by atoms with Crippen LogP contribution in [0, 0.1) is 5.92 Å². The Bertz CT molecular complexity index is 1280. The van der Waals surface area contributed by atoms with Gasteiger partial charge >= 0.3 is 6.03 Å². The highest BCUT2D eigenvalue weighted by atomic mass is 35.5. The molecule has 2 aromatic carbocycles. The quantitative estimate of drug-likeness (QED) is 0.310. The van der Waals surface area contributed by atoms with Crippen LogP contribution >= 0.6 is 23.2 Å². The van der Waals surface area contributed by atoms with Crippen molar-refractivity contribution in [3.8, 4) is 11.4 Å². The van der Waals surface area contributed by atoms with Gasteiger partial charge in [-0.2, -0.15) is 0 Å². The number of amides is 2. The second-order valence-corrected chi connectivity index (χ2v) is 12.0. The first kappa shape index (κ1) is 25.7. The fraction of sp³-hybridized carbons (Fsp3) is 0.467. The first-order valence-corrected chi connectivity index (χ1v) is 14.6. The lowest BCUT2D eigenvalue weighted by Gasteiger charge is -2.37. The van der Waals surface area contributed by atoms with Gasteiger partial charge in [-0.05, 0) is 106 Å². The summed E-state index contributed by atoms with van der Waals surface area (Å²) < 4.78 is 0. The zero-order valence-corrected chi connectivity index (χ0v) is 23.1. The molecule has 1 saturated heterocycles. The lowest BCUT2D eigenvalue weighted by Crippen LogP contribution is -2.46. The van der Waals surface area contributed by atoms with Gasteiger partial charge in [0.2, 0.25) is 0 Å². The third-order valence-corrected chi connectivity index (χ3v) is 9.60. The van der Waals surface area contributed by atoms with Crippen LogP contribution < -0.4 is 5.32 Å². The Kier molecular flexibility index (Phi) is 7.39. The molecule has 3 fully saturated rings. The van der Waals surface area contributed by atoms with Crippen LogP contribution in [0.4, 0.5) is 10.5 Å². The van der Waals surface area contributed by atoms with E-state index >= 15 is 0 Å². The van der Waals surface area contributed by atoms with Gasteiger partial charge in [-0.1, -0.05) is 41.4 Å². The lowest BCUT2D eigenvalue weighted by molar-refractivity contribution is 0.156. The van der Waals surface area contributed by atoms with E-state index in [0.29, 0.717) is 21.7 Å². The molecule has 1 aromatic heterocycles. The Morgan fingerprint density at radius 3 is 2.79 bits per heavy atom. The van der Waals surface area contributed by atoms with E-state index in [9.17, 15) is 4.79 Å². The number of aromatic amines is 1. The number of fused-ring (bicyclic) bond motifs is 1. The van der Waals surface area contributed by atoms with Crippen molar-refractivity contribution in [2.45, 2.75) is 56.4 Å². The van der Waals surface area contributed by atoms with Crippen molar-refractivity contribution in [1.82, 2.24) is 19.8 Å². The number of nitrogens with zero attached hydrogens (tertiary/aromatic N) is 3. The summed E-state index contributed by atoms with van der Waals surface area (Å²) in [6, 6.07) is 14.3. The largest absolute Gasteiger partial charge is 0.345 e. The maximum Gasteiger partial charge on any atom is 0.322 e. The molecule has 0 radical (unpaired) electrons. The van der Waals surface area contributed by atoms with Crippen LogP contribution in [0.3, 0.4) is 0 Å². The number of benzene rings is 2. The number of rotatable bonds is 8. The molecule has 1 unspecified atom stereocenters. The molecule has 6 nitrogen and oxygen atoms in total. The zero-order chi connectivity index (χ0) is 26.1. The topological polar surface area (TPSA) is 64.3 Å². The molecule has 2 saturated carbocycles. The van der Waals surface area contributed by atoms with Gasteiger partial charge in [0.15, 0.2) is 0 Å². The first-order valence-electron chi connectivity index (χ1n) is 13.9. The van der Waals surface area contributed by atoms with Crippen LogP contribution in [-0.2, 0) is 5.41 Å². The Balaban J connectivity index is 1.15. The molecule has 0 bridgehead atoms. The number of halogens is 2. The van der Waals surface area contributed by atoms with Gasteiger partial charge in [0.1, 0.15) is 5.82 Å². The van der Waals surface area contributed by atoms with Gasteiger partial charge < -0.3 is 20.1 Å². The summed E-state index contributed by atoms with van der Waals surface area (Å²) in [7, 11) is 0. The predicted octanol–water partition coefficient (Wildman–Crippen LogP) is 7.21. The molecular weight excluding hydrogens is 517 g/mol. The lowest BCUT2D eigenvalue weighted by atomic mass is 9.80. The van der Waals surface area contributed by atoms with Crippen molar-refractivity contribution in [3.63, 3.8) is 0 Å². The molecule has 8 heteroatoms. The number of hydrogen-bond donors (Lipinski definition) is 2. The van der Waals surface area contributed by atoms with Crippen LogP contribution in [0.1, 0.15) is 50.5 Å². The van der Waals surface area contributed by atoms with Crippen molar-refractivity contribution in [2.75, 3.05) is 31.5 Å². The summed E-state index contributed by atoms with van der Waals surface area (Å²) in [5.74, 6) is 1.52. The number of anilines is 1. The number of carbonyl (C=O) groups excluding carboxylic acids is 1. The van der Waals surface area contributed by atoms with E-state index in [1.54, 1.807) is 18.3 Å². The van der Waals surface area contributed by atoms with E-state index < -0.39 is 0 Å². The van der Waals surface area contributed by atoms with Gasteiger partial charge in [-0.15, -0.1) is 0 Å². The van der Waals surface area contributed by atoms with Crippen LogP contribution in [0.2, 0.25) is 10.0 Å². The monoisotopic (exact) mass is 551 g/mol. The molecule has 6 rings (SSSR count). The van der Waals surface area contributed by atoms with Crippen LogP contribution in [0.25, 0.3) is 11.4 Å². The fourth-order valence-electron chi connectivity index (χ4n) is 6.74. The summed E-state index contributed by atoms with van der Waals surface area (Å²) in [4.78, 5) is 25.9. The van der Waals surface area contributed by atoms with Crippen molar-refractivity contribution >= 4 is 34.9 Å². The first-order chi connectivity index (χ1) is 18.5. The van der Waals surface area contributed by atoms with Crippen molar-refractivity contribution < 1.29 is 4.79 Å². The molecule has 2 amide bonds. The van der Waals surface area contributed by atoms with Crippen LogP contribution in [0.15, 0.2) is 54.9 Å². The van der Waals surface area contributed by atoms with Crippen LogP contribution in [0.5, 0.6) is 0 Å². The highest BCUT2D eigenvalue weighted by molar-refractivity contribution is 6.42. The van der Waals surface area contributed by atoms with Crippen molar-refractivity contribution in [3.05, 3.63) is 70.5 Å². The number of urea groups is 1. The second-order valence-electron chi connectivity index (χ2n) is 11.2. The maximum absolute atomic E-state index is 13.6. The predicted molar refractivity (Wildman–Crippen MR) is 154 cm³/mol. The summed E-state index contributed by atoms with van der Waals surface area (Å²) in [6.07, 6.45) is 11.6. The summed E-state index contributed by atoms with van der Waals surface area (Å²) in [5.41, 5.74) is 3.47. The number of likely N-dealkylation sites (tertiary alicyclic amines) is 1. The minimum Gasteiger partial charge on any atom is -0.345 e. The summed E-state index contributed by atoms with van der Waals surface area (Å²) in [5, 5.41) is 4.03. The zero-order valence-electron chi connectivity index (χ0n) is 21.6. The Hall–Kier alpha value is -2.54. The molecule has 200 valence electrons. The SMILES string of the molecule is O=C(Nc1ccc(Cl)c(Cl)c1)N(CCCN1CCCC1)[C@@H]1CC[C@]2(c3cccc(-c4ncc[nH]4)c3)CC2C1. The molecule has 38 heavy (non-hydrogen) atoms.